The van der Waals surface area contributed by atoms with E-state index in [1.165, 1.54) is 17.3 Å². The van der Waals surface area contributed by atoms with Crippen LogP contribution in [0.5, 0.6) is 0 Å². The molecule has 1 aliphatic heterocycles. The molecule has 3 rings (SSSR count). The van der Waals surface area contributed by atoms with Crippen molar-refractivity contribution in [3.63, 3.8) is 0 Å². The Balaban J connectivity index is 1.48. The second-order valence-corrected chi connectivity index (χ2v) is 7.33. The Hall–Kier alpha value is -2.60. The lowest BCUT2D eigenvalue weighted by molar-refractivity contribution is -0.125. The van der Waals surface area contributed by atoms with Gasteiger partial charge in [-0.05, 0) is 31.0 Å². The summed E-state index contributed by atoms with van der Waals surface area (Å²) in [6, 6.07) is 17.7. The Kier molecular flexibility index (Phi) is 6.07. The number of aryl methyl sites for hydroxylation is 1. The molecule has 26 heavy (non-hydrogen) atoms. The third-order valence-electron chi connectivity index (χ3n) is 3.99. The smallest absolute Gasteiger partial charge is 0.240 e. The summed E-state index contributed by atoms with van der Waals surface area (Å²) in [5.41, 5.74) is 3.11. The number of hydrogen-bond acceptors (Lipinski definition) is 4. The van der Waals surface area contributed by atoms with Crippen LogP contribution in [0.3, 0.4) is 0 Å². The minimum absolute atomic E-state index is 0.120. The molecule has 1 fully saturated rings. The molecule has 1 heterocycles. The van der Waals surface area contributed by atoms with Crippen LogP contribution >= 0.6 is 11.8 Å². The number of nitrogens with zero attached hydrogens (tertiary/aromatic N) is 1. The molecule has 0 aromatic heterocycles. The van der Waals surface area contributed by atoms with Gasteiger partial charge in [0, 0.05) is 13.0 Å². The van der Waals surface area contributed by atoms with Crippen molar-refractivity contribution in [3.05, 3.63) is 65.7 Å². The van der Waals surface area contributed by atoms with Crippen molar-refractivity contribution in [3.8, 4) is 0 Å². The molecule has 5 nitrogen and oxygen atoms in total. The molecule has 1 unspecified atom stereocenters. The number of carbonyl (C=O) groups is 2. The molecule has 6 heteroatoms. The zero-order valence-corrected chi connectivity index (χ0v) is 15.4. The van der Waals surface area contributed by atoms with E-state index in [4.69, 9.17) is 0 Å². The topological polar surface area (TPSA) is 70.6 Å². The van der Waals surface area contributed by atoms with Gasteiger partial charge in [-0.2, -0.15) is 0 Å². The molecule has 2 aromatic rings. The SMILES string of the molecule is Cc1ccc(N=C2NC(=O)C(CC(=O)NCCc3ccccc3)S2)cc1. The van der Waals surface area contributed by atoms with Gasteiger partial charge in [-0.3, -0.25) is 9.59 Å². The third kappa shape index (κ3) is 5.20. The predicted octanol–water partition coefficient (Wildman–Crippen LogP) is 2.96. The number of nitrogens with one attached hydrogen (secondary N) is 2. The first-order chi connectivity index (χ1) is 12.6. The van der Waals surface area contributed by atoms with Crippen LogP contribution in [0.1, 0.15) is 17.5 Å². The van der Waals surface area contributed by atoms with Gasteiger partial charge in [-0.15, -0.1) is 0 Å². The standard InChI is InChI=1S/C20H21N3O2S/c1-14-7-9-16(10-8-14)22-20-23-19(25)17(26-20)13-18(24)21-12-11-15-5-3-2-4-6-15/h2-10,17H,11-13H2,1H3,(H,21,24)(H,22,23,25). The van der Waals surface area contributed by atoms with E-state index in [0.717, 1.165) is 17.7 Å². The first kappa shape index (κ1) is 18.2. The highest BCUT2D eigenvalue weighted by molar-refractivity contribution is 8.15. The molecule has 2 amide bonds. The Morgan fingerprint density at radius 3 is 2.62 bits per heavy atom. The van der Waals surface area contributed by atoms with E-state index in [1.54, 1.807) is 0 Å². The van der Waals surface area contributed by atoms with Crippen LogP contribution < -0.4 is 10.6 Å². The monoisotopic (exact) mass is 367 g/mol. The molecule has 0 radical (unpaired) electrons. The summed E-state index contributed by atoms with van der Waals surface area (Å²) in [6.07, 6.45) is 0.926. The third-order valence-corrected chi connectivity index (χ3v) is 5.07. The fraction of sp³-hybridized carbons (Fsp3) is 0.250. The molecular formula is C20H21N3O2S. The molecule has 1 aliphatic rings. The molecule has 0 aliphatic carbocycles. The molecule has 0 saturated carbocycles. The summed E-state index contributed by atoms with van der Waals surface area (Å²) in [5, 5.41) is 5.73. The highest BCUT2D eigenvalue weighted by Crippen LogP contribution is 2.25. The van der Waals surface area contributed by atoms with E-state index < -0.39 is 5.25 Å². The minimum atomic E-state index is -0.434. The van der Waals surface area contributed by atoms with Crippen LogP contribution in [0, 0.1) is 6.92 Å². The quantitative estimate of drug-likeness (QED) is 0.825. The Morgan fingerprint density at radius 2 is 1.88 bits per heavy atom. The van der Waals surface area contributed by atoms with Crippen molar-refractivity contribution < 1.29 is 9.59 Å². The maximum atomic E-state index is 12.1. The van der Waals surface area contributed by atoms with Crippen molar-refractivity contribution >= 4 is 34.4 Å². The Morgan fingerprint density at radius 1 is 1.15 bits per heavy atom. The maximum absolute atomic E-state index is 12.1. The van der Waals surface area contributed by atoms with Gasteiger partial charge >= 0.3 is 0 Å². The molecule has 0 spiro atoms. The first-order valence-electron chi connectivity index (χ1n) is 8.53. The fourth-order valence-corrected chi connectivity index (χ4v) is 3.55. The van der Waals surface area contributed by atoms with Gasteiger partial charge in [0.1, 0.15) is 5.25 Å². The van der Waals surface area contributed by atoms with E-state index in [2.05, 4.69) is 15.6 Å². The molecule has 2 N–H and O–H groups in total. The molecule has 1 saturated heterocycles. The van der Waals surface area contributed by atoms with Crippen LogP contribution in [0.15, 0.2) is 59.6 Å². The van der Waals surface area contributed by atoms with Crippen LogP contribution in [0.25, 0.3) is 0 Å². The van der Waals surface area contributed by atoms with Crippen LogP contribution in [0.2, 0.25) is 0 Å². The van der Waals surface area contributed by atoms with Crippen LogP contribution in [-0.2, 0) is 16.0 Å². The summed E-state index contributed by atoms with van der Waals surface area (Å²) in [7, 11) is 0. The summed E-state index contributed by atoms with van der Waals surface area (Å²) in [5.74, 6) is -0.288. The molecule has 134 valence electrons. The minimum Gasteiger partial charge on any atom is -0.356 e. The lowest BCUT2D eigenvalue weighted by atomic mass is 10.1. The summed E-state index contributed by atoms with van der Waals surface area (Å²) >= 11 is 1.30. The number of aliphatic imine (C=N–C) groups is 1. The zero-order chi connectivity index (χ0) is 18.4. The number of thioether (sulfide) groups is 1. The van der Waals surface area contributed by atoms with Crippen molar-refractivity contribution in [2.45, 2.75) is 25.0 Å². The average Bonchev–Trinajstić information content (AvgIpc) is 2.97. The van der Waals surface area contributed by atoms with Crippen molar-refractivity contribution in [1.82, 2.24) is 10.6 Å². The highest BCUT2D eigenvalue weighted by atomic mass is 32.2. The first-order valence-corrected chi connectivity index (χ1v) is 9.41. The number of amides is 2. The van der Waals surface area contributed by atoms with E-state index in [1.807, 2.05) is 61.5 Å². The normalized spacial score (nSPS) is 18.0. The largest absolute Gasteiger partial charge is 0.356 e. The predicted molar refractivity (Wildman–Crippen MR) is 106 cm³/mol. The number of rotatable bonds is 6. The lowest BCUT2D eigenvalue weighted by Crippen LogP contribution is -2.32. The van der Waals surface area contributed by atoms with Crippen molar-refractivity contribution in [1.29, 1.82) is 0 Å². The Labute approximate surface area is 157 Å². The Bertz CT molecular complexity index is 804. The fourth-order valence-electron chi connectivity index (χ4n) is 2.56. The number of benzene rings is 2. The molecule has 0 bridgehead atoms. The van der Waals surface area contributed by atoms with Gasteiger partial charge < -0.3 is 10.6 Å². The van der Waals surface area contributed by atoms with Crippen LogP contribution in [0.4, 0.5) is 5.69 Å². The number of hydrogen-bond donors (Lipinski definition) is 2. The van der Waals surface area contributed by atoms with Crippen LogP contribution in [-0.4, -0.2) is 28.8 Å². The highest BCUT2D eigenvalue weighted by Gasteiger charge is 2.31. The summed E-state index contributed by atoms with van der Waals surface area (Å²) in [6.45, 7) is 2.57. The van der Waals surface area contributed by atoms with Gasteiger partial charge in [0.2, 0.25) is 11.8 Å². The van der Waals surface area contributed by atoms with E-state index in [-0.39, 0.29) is 18.2 Å². The summed E-state index contributed by atoms with van der Waals surface area (Å²) < 4.78 is 0. The average molecular weight is 367 g/mol. The zero-order valence-electron chi connectivity index (χ0n) is 14.6. The van der Waals surface area contributed by atoms with Gasteiger partial charge in [-0.1, -0.05) is 59.8 Å². The molecular weight excluding hydrogens is 346 g/mol. The van der Waals surface area contributed by atoms with Gasteiger partial charge in [-0.25, -0.2) is 4.99 Å². The van der Waals surface area contributed by atoms with E-state index >= 15 is 0 Å². The van der Waals surface area contributed by atoms with Gasteiger partial charge in [0.15, 0.2) is 5.17 Å². The molecule has 2 aromatic carbocycles. The van der Waals surface area contributed by atoms with E-state index in [0.29, 0.717) is 11.7 Å². The van der Waals surface area contributed by atoms with E-state index in [9.17, 15) is 9.59 Å². The number of amidine groups is 1. The second kappa shape index (κ2) is 8.67. The molecule has 1 atom stereocenters. The van der Waals surface area contributed by atoms with Crippen molar-refractivity contribution in [2.75, 3.05) is 6.54 Å². The number of carbonyl (C=O) groups excluding carboxylic acids is 2. The summed E-state index contributed by atoms with van der Waals surface area (Å²) in [4.78, 5) is 28.6. The van der Waals surface area contributed by atoms with Gasteiger partial charge in [0.25, 0.3) is 0 Å². The maximum Gasteiger partial charge on any atom is 0.240 e. The second-order valence-electron chi connectivity index (χ2n) is 6.14. The van der Waals surface area contributed by atoms with Gasteiger partial charge in [0.05, 0.1) is 5.69 Å². The van der Waals surface area contributed by atoms with Crippen molar-refractivity contribution in [2.24, 2.45) is 4.99 Å². The lowest BCUT2D eigenvalue weighted by Gasteiger charge is -2.07.